The number of rotatable bonds is 5. The zero-order chi connectivity index (χ0) is 19.3. The van der Waals surface area contributed by atoms with Crippen molar-refractivity contribution in [3.8, 4) is 0 Å². The summed E-state index contributed by atoms with van der Waals surface area (Å²) >= 11 is 0. The van der Waals surface area contributed by atoms with E-state index in [0.717, 1.165) is 30.4 Å². The van der Waals surface area contributed by atoms with Crippen LogP contribution in [0.1, 0.15) is 24.4 Å². The molecule has 0 saturated carbocycles. The van der Waals surface area contributed by atoms with E-state index in [0.29, 0.717) is 0 Å². The van der Waals surface area contributed by atoms with Crippen LogP contribution in [0.15, 0.2) is 71.9 Å². The molecule has 2 aromatic heterocycles. The number of pyridine rings is 1. The van der Waals surface area contributed by atoms with Crippen LogP contribution in [-0.4, -0.2) is 34.2 Å². The van der Waals surface area contributed by atoms with Gasteiger partial charge in [-0.25, -0.2) is 0 Å². The molecule has 0 aliphatic heterocycles. The third-order valence-corrected chi connectivity index (χ3v) is 4.89. The number of fused-ring (bicyclic) bond motifs is 2. The van der Waals surface area contributed by atoms with E-state index in [1.165, 1.54) is 16.3 Å². The Balaban J connectivity index is 0.00000240. The van der Waals surface area contributed by atoms with E-state index in [1.54, 1.807) is 7.05 Å². The van der Waals surface area contributed by atoms with Crippen molar-refractivity contribution in [1.29, 1.82) is 0 Å². The molecular formula is C22H25IN6. The molecule has 0 spiro atoms. The minimum Gasteiger partial charge on any atom is -0.356 e. The SMILES string of the molecule is CN=C(NCCc1nnc2ccccn12)NC(C)c1cccc2ccccc12.I. The maximum atomic E-state index is 4.37. The quantitative estimate of drug-likeness (QED) is 0.247. The molecule has 4 rings (SSSR count). The molecule has 0 saturated heterocycles. The van der Waals surface area contributed by atoms with Crippen molar-refractivity contribution in [3.05, 3.63) is 78.2 Å². The van der Waals surface area contributed by atoms with Crippen molar-refractivity contribution < 1.29 is 0 Å². The van der Waals surface area contributed by atoms with Crippen LogP contribution in [0.25, 0.3) is 16.4 Å². The molecular weight excluding hydrogens is 475 g/mol. The first kappa shape index (κ1) is 21.0. The summed E-state index contributed by atoms with van der Waals surface area (Å²) in [5, 5.41) is 17.8. The zero-order valence-corrected chi connectivity index (χ0v) is 18.9. The topological polar surface area (TPSA) is 66.6 Å². The standard InChI is InChI=1S/C22H24N6.HI/c1-16(18-11-7-9-17-8-3-4-10-19(17)18)25-22(23-2)24-14-13-21-27-26-20-12-5-6-15-28(20)21;/h3-12,15-16H,13-14H2,1-2H3,(H2,23,24,25);1H. The smallest absolute Gasteiger partial charge is 0.191 e. The number of hydrogen-bond donors (Lipinski definition) is 2. The Morgan fingerprint density at radius 1 is 1.03 bits per heavy atom. The average Bonchev–Trinajstić information content (AvgIpc) is 3.15. The zero-order valence-electron chi connectivity index (χ0n) is 16.5. The highest BCUT2D eigenvalue weighted by molar-refractivity contribution is 14.0. The van der Waals surface area contributed by atoms with Gasteiger partial charge >= 0.3 is 0 Å². The van der Waals surface area contributed by atoms with Gasteiger partial charge in [-0.05, 0) is 35.4 Å². The first-order chi connectivity index (χ1) is 13.8. The largest absolute Gasteiger partial charge is 0.356 e. The minimum atomic E-state index is 0. The molecule has 0 aliphatic carbocycles. The van der Waals surface area contributed by atoms with E-state index < -0.39 is 0 Å². The van der Waals surface area contributed by atoms with E-state index in [-0.39, 0.29) is 30.0 Å². The summed E-state index contributed by atoms with van der Waals surface area (Å²) in [5.74, 6) is 1.70. The normalized spacial score (nSPS) is 12.6. The Morgan fingerprint density at radius 2 is 1.83 bits per heavy atom. The molecule has 0 bridgehead atoms. The number of nitrogens with one attached hydrogen (secondary N) is 2. The molecule has 29 heavy (non-hydrogen) atoms. The first-order valence-corrected chi connectivity index (χ1v) is 9.50. The van der Waals surface area contributed by atoms with Crippen molar-refractivity contribution in [2.75, 3.05) is 13.6 Å². The number of aliphatic imine (C=N–C) groups is 1. The fraction of sp³-hybridized carbons (Fsp3) is 0.227. The van der Waals surface area contributed by atoms with Crippen LogP contribution >= 0.6 is 24.0 Å². The lowest BCUT2D eigenvalue weighted by molar-refractivity contribution is 0.684. The third-order valence-electron chi connectivity index (χ3n) is 4.89. The summed E-state index contributed by atoms with van der Waals surface area (Å²) in [5.41, 5.74) is 2.12. The Hall–Kier alpha value is -2.68. The summed E-state index contributed by atoms with van der Waals surface area (Å²) in [6.07, 6.45) is 2.74. The molecule has 2 heterocycles. The van der Waals surface area contributed by atoms with E-state index >= 15 is 0 Å². The average molecular weight is 500 g/mol. The van der Waals surface area contributed by atoms with Gasteiger partial charge in [-0.3, -0.25) is 9.39 Å². The molecule has 4 aromatic rings. The number of halogens is 1. The van der Waals surface area contributed by atoms with Crippen molar-refractivity contribution in [2.45, 2.75) is 19.4 Å². The van der Waals surface area contributed by atoms with Crippen LogP contribution in [0.2, 0.25) is 0 Å². The highest BCUT2D eigenvalue weighted by atomic mass is 127. The van der Waals surface area contributed by atoms with E-state index in [9.17, 15) is 0 Å². The van der Waals surface area contributed by atoms with Crippen molar-refractivity contribution in [2.24, 2.45) is 4.99 Å². The van der Waals surface area contributed by atoms with Gasteiger partial charge in [0.25, 0.3) is 0 Å². The monoisotopic (exact) mass is 500 g/mol. The van der Waals surface area contributed by atoms with Gasteiger partial charge in [0, 0.05) is 26.2 Å². The summed E-state index contributed by atoms with van der Waals surface area (Å²) in [7, 11) is 1.79. The summed E-state index contributed by atoms with van der Waals surface area (Å²) in [6.45, 7) is 2.87. The fourth-order valence-electron chi connectivity index (χ4n) is 3.46. The summed E-state index contributed by atoms with van der Waals surface area (Å²) < 4.78 is 2.01. The second kappa shape index (κ2) is 9.69. The predicted octanol–water partition coefficient (Wildman–Crippen LogP) is 3.97. The second-order valence-corrected chi connectivity index (χ2v) is 6.73. The second-order valence-electron chi connectivity index (χ2n) is 6.73. The molecule has 2 N–H and O–H groups in total. The van der Waals surface area contributed by atoms with Gasteiger partial charge in [0.15, 0.2) is 11.6 Å². The van der Waals surface area contributed by atoms with Crippen LogP contribution in [0.5, 0.6) is 0 Å². The van der Waals surface area contributed by atoms with Crippen LogP contribution in [0.3, 0.4) is 0 Å². The molecule has 2 aromatic carbocycles. The Kier molecular flexibility index (Phi) is 7.03. The van der Waals surface area contributed by atoms with Gasteiger partial charge < -0.3 is 10.6 Å². The van der Waals surface area contributed by atoms with Crippen LogP contribution in [0.4, 0.5) is 0 Å². The van der Waals surface area contributed by atoms with Gasteiger partial charge in [-0.1, -0.05) is 48.5 Å². The number of guanidine groups is 1. The molecule has 0 aliphatic rings. The van der Waals surface area contributed by atoms with E-state index in [4.69, 9.17) is 0 Å². The number of aromatic nitrogens is 3. The van der Waals surface area contributed by atoms with Crippen LogP contribution in [-0.2, 0) is 6.42 Å². The van der Waals surface area contributed by atoms with Crippen LogP contribution in [0, 0.1) is 0 Å². The maximum absolute atomic E-state index is 4.37. The molecule has 1 unspecified atom stereocenters. The van der Waals surface area contributed by atoms with Gasteiger partial charge in [0.2, 0.25) is 0 Å². The van der Waals surface area contributed by atoms with Gasteiger partial charge in [0.1, 0.15) is 5.82 Å². The number of nitrogens with zero attached hydrogens (tertiary/aromatic N) is 4. The lowest BCUT2D eigenvalue weighted by Gasteiger charge is -2.19. The number of benzene rings is 2. The molecule has 0 amide bonds. The van der Waals surface area contributed by atoms with E-state index in [2.05, 4.69) is 75.2 Å². The Labute approximate surface area is 187 Å². The molecule has 6 nitrogen and oxygen atoms in total. The molecule has 150 valence electrons. The van der Waals surface area contributed by atoms with Crippen molar-refractivity contribution in [1.82, 2.24) is 25.2 Å². The Bertz CT molecular complexity index is 1120. The fourth-order valence-corrected chi connectivity index (χ4v) is 3.46. The molecule has 7 heteroatoms. The highest BCUT2D eigenvalue weighted by Gasteiger charge is 2.11. The minimum absolute atomic E-state index is 0. The molecule has 0 radical (unpaired) electrons. The van der Waals surface area contributed by atoms with Gasteiger partial charge in [-0.15, -0.1) is 34.2 Å². The van der Waals surface area contributed by atoms with Crippen molar-refractivity contribution in [3.63, 3.8) is 0 Å². The lowest BCUT2D eigenvalue weighted by atomic mass is 10.00. The number of hydrogen-bond acceptors (Lipinski definition) is 3. The first-order valence-electron chi connectivity index (χ1n) is 9.50. The van der Waals surface area contributed by atoms with Gasteiger partial charge in [0.05, 0.1) is 6.04 Å². The third kappa shape index (κ3) is 4.67. The highest BCUT2D eigenvalue weighted by Crippen LogP contribution is 2.23. The Morgan fingerprint density at radius 3 is 2.69 bits per heavy atom. The summed E-state index contributed by atoms with van der Waals surface area (Å²) in [6, 6.07) is 20.9. The molecule has 0 fully saturated rings. The van der Waals surface area contributed by atoms with Crippen LogP contribution < -0.4 is 10.6 Å². The lowest BCUT2D eigenvalue weighted by Crippen LogP contribution is -2.39. The maximum Gasteiger partial charge on any atom is 0.191 e. The van der Waals surface area contributed by atoms with Gasteiger partial charge in [-0.2, -0.15) is 0 Å². The van der Waals surface area contributed by atoms with E-state index in [1.807, 2.05) is 28.8 Å². The molecule has 1 atom stereocenters. The van der Waals surface area contributed by atoms with Crippen molar-refractivity contribution >= 4 is 46.4 Å². The summed E-state index contributed by atoms with van der Waals surface area (Å²) in [4.78, 5) is 4.37. The predicted molar refractivity (Wildman–Crippen MR) is 129 cm³/mol.